The molecule has 1 atom stereocenters. The molecular formula is C14H23Cl2N3O. The fourth-order valence-electron chi connectivity index (χ4n) is 1.86. The maximum Gasteiger partial charge on any atom is 0.147 e. The lowest BCUT2D eigenvalue weighted by atomic mass is 10.0. The Kier molecular flexibility index (Phi) is 6.86. The third-order valence-corrected chi connectivity index (χ3v) is 3.47. The monoisotopic (exact) mass is 319 g/mol. The van der Waals surface area contributed by atoms with Crippen molar-refractivity contribution in [1.29, 1.82) is 0 Å². The first kappa shape index (κ1) is 17.3. The van der Waals surface area contributed by atoms with Gasteiger partial charge in [0.1, 0.15) is 11.6 Å². The summed E-state index contributed by atoms with van der Waals surface area (Å²) in [4.78, 5) is 4.38. The Morgan fingerprint density at radius 3 is 2.30 bits per heavy atom. The van der Waals surface area contributed by atoms with Crippen LogP contribution in [0.5, 0.6) is 0 Å². The summed E-state index contributed by atoms with van der Waals surface area (Å²) in [6, 6.07) is 1.66. The average Bonchev–Trinajstić information content (AvgIpc) is 2.36. The van der Waals surface area contributed by atoms with E-state index in [-0.39, 0.29) is 0 Å². The zero-order valence-corrected chi connectivity index (χ0v) is 13.8. The van der Waals surface area contributed by atoms with Crippen molar-refractivity contribution >= 4 is 34.8 Å². The normalized spacial score (nSPS) is 13.9. The van der Waals surface area contributed by atoms with E-state index in [2.05, 4.69) is 22.5 Å². The van der Waals surface area contributed by atoms with Gasteiger partial charge in [-0.05, 0) is 25.8 Å². The molecule has 0 radical (unpaired) electrons. The minimum atomic E-state index is -0.781. The third kappa shape index (κ3) is 5.35. The number of aromatic nitrogens is 1. The van der Waals surface area contributed by atoms with Gasteiger partial charge >= 0.3 is 0 Å². The van der Waals surface area contributed by atoms with E-state index in [0.29, 0.717) is 34.6 Å². The molecule has 0 amide bonds. The highest BCUT2D eigenvalue weighted by atomic mass is 35.5. The van der Waals surface area contributed by atoms with Gasteiger partial charge < -0.3 is 15.7 Å². The summed E-state index contributed by atoms with van der Waals surface area (Å²) in [5, 5.41) is 17.3. The fraction of sp³-hybridized carbons (Fsp3) is 0.643. The van der Waals surface area contributed by atoms with Crippen LogP contribution in [0.1, 0.15) is 40.0 Å². The Labute approximate surface area is 130 Å². The van der Waals surface area contributed by atoms with E-state index < -0.39 is 5.60 Å². The van der Waals surface area contributed by atoms with Gasteiger partial charge in [0.25, 0.3) is 0 Å². The number of hydrogen-bond donors (Lipinski definition) is 3. The van der Waals surface area contributed by atoms with Crippen LogP contribution in [0.15, 0.2) is 6.07 Å². The van der Waals surface area contributed by atoms with Crippen LogP contribution >= 0.6 is 23.2 Å². The van der Waals surface area contributed by atoms with Gasteiger partial charge in [0.15, 0.2) is 0 Å². The molecule has 1 aromatic heterocycles. The van der Waals surface area contributed by atoms with Crippen LogP contribution in [0.2, 0.25) is 10.0 Å². The molecule has 0 spiro atoms. The van der Waals surface area contributed by atoms with Crippen LogP contribution in [0.4, 0.5) is 11.6 Å². The van der Waals surface area contributed by atoms with Gasteiger partial charge in [-0.2, -0.15) is 0 Å². The second-order valence-electron chi connectivity index (χ2n) is 5.18. The van der Waals surface area contributed by atoms with Gasteiger partial charge in [0, 0.05) is 13.1 Å². The second-order valence-corrected chi connectivity index (χ2v) is 5.99. The number of halogens is 2. The van der Waals surface area contributed by atoms with E-state index in [9.17, 15) is 5.11 Å². The highest BCUT2D eigenvalue weighted by Gasteiger charge is 2.20. The standard InChI is InChI=1S/C14H23Cl2N3O/c1-4-6-14(3,20)9-18-13-11(16)8-10(15)12(19-13)17-7-5-2/h8,20H,4-7,9H2,1-3H3,(H2,17,18,19). The summed E-state index contributed by atoms with van der Waals surface area (Å²) >= 11 is 12.2. The topological polar surface area (TPSA) is 57.2 Å². The first-order chi connectivity index (χ1) is 9.39. The molecule has 1 heterocycles. The first-order valence-corrected chi connectivity index (χ1v) is 7.71. The summed E-state index contributed by atoms with van der Waals surface area (Å²) in [5.41, 5.74) is -0.781. The van der Waals surface area contributed by atoms with Crippen LogP contribution in [-0.4, -0.2) is 28.8 Å². The number of pyridine rings is 1. The lowest BCUT2D eigenvalue weighted by molar-refractivity contribution is 0.0636. The summed E-state index contributed by atoms with van der Waals surface area (Å²) < 4.78 is 0. The molecule has 0 saturated heterocycles. The van der Waals surface area contributed by atoms with Crippen LogP contribution in [0.3, 0.4) is 0 Å². The first-order valence-electron chi connectivity index (χ1n) is 6.95. The molecule has 0 aromatic carbocycles. The Balaban J connectivity index is 2.79. The molecule has 0 aliphatic rings. The van der Waals surface area contributed by atoms with E-state index in [1.54, 1.807) is 13.0 Å². The van der Waals surface area contributed by atoms with E-state index in [0.717, 1.165) is 19.4 Å². The number of hydrogen-bond acceptors (Lipinski definition) is 4. The van der Waals surface area contributed by atoms with Gasteiger partial charge in [-0.3, -0.25) is 0 Å². The summed E-state index contributed by atoms with van der Waals surface area (Å²) in [7, 11) is 0. The molecule has 6 heteroatoms. The highest BCUT2D eigenvalue weighted by molar-refractivity contribution is 6.37. The summed E-state index contributed by atoms with van der Waals surface area (Å²) in [5.74, 6) is 1.14. The third-order valence-electron chi connectivity index (χ3n) is 2.90. The molecule has 0 fully saturated rings. The quantitative estimate of drug-likeness (QED) is 0.673. The number of nitrogens with zero attached hydrogens (tertiary/aromatic N) is 1. The molecule has 1 aromatic rings. The van der Waals surface area contributed by atoms with Crippen LogP contribution in [0, 0.1) is 0 Å². The number of rotatable bonds is 8. The highest BCUT2D eigenvalue weighted by Crippen LogP contribution is 2.29. The molecule has 1 rings (SSSR count). The van der Waals surface area contributed by atoms with Crippen molar-refractivity contribution < 1.29 is 5.11 Å². The minimum Gasteiger partial charge on any atom is -0.388 e. The molecule has 114 valence electrons. The molecule has 0 aliphatic carbocycles. The number of anilines is 2. The molecule has 0 bridgehead atoms. The molecule has 4 nitrogen and oxygen atoms in total. The van der Waals surface area contributed by atoms with Crippen molar-refractivity contribution in [3.63, 3.8) is 0 Å². The van der Waals surface area contributed by atoms with Crippen molar-refractivity contribution in [1.82, 2.24) is 4.98 Å². The van der Waals surface area contributed by atoms with Crippen molar-refractivity contribution in [3.05, 3.63) is 16.1 Å². The van der Waals surface area contributed by atoms with Gasteiger partial charge in [-0.15, -0.1) is 0 Å². The summed E-state index contributed by atoms with van der Waals surface area (Å²) in [6.07, 6.45) is 2.61. The molecular weight excluding hydrogens is 297 g/mol. The number of nitrogens with one attached hydrogen (secondary N) is 2. The molecule has 1 unspecified atom stereocenters. The van der Waals surface area contributed by atoms with Crippen molar-refractivity contribution in [2.75, 3.05) is 23.7 Å². The maximum absolute atomic E-state index is 10.2. The molecule has 0 saturated carbocycles. The van der Waals surface area contributed by atoms with E-state index >= 15 is 0 Å². The average molecular weight is 320 g/mol. The Morgan fingerprint density at radius 1 is 1.15 bits per heavy atom. The van der Waals surface area contributed by atoms with Crippen LogP contribution < -0.4 is 10.6 Å². The second kappa shape index (κ2) is 7.91. The lowest BCUT2D eigenvalue weighted by Gasteiger charge is -2.23. The lowest BCUT2D eigenvalue weighted by Crippen LogP contribution is -2.33. The van der Waals surface area contributed by atoms with Crippen LogP contribution in [0.25, 0.3) is 0 Å². The smallest absolute Gasteiger partial charge is 0.147 e. The fourth-order valence-corrected chi connectivity index (χ4v) is 2.35. The minimum absolute atomic E-state index is 0.391. The Hall–Kier alpha value is -0.710. The predicted molar refractivity (Wildman–Crippen MR) is 87.1 cm³/mol. The number of aliphatic hydroxyl groups is 1. The van der Waals surface area contributed by atoms with E-state index in [4.69, 9.17) is 23.2 Å². The van der Waals surface area contributed by atoms with Crippen molar-refractivity contribution in [2.24, 2.45) is 0 Å². The predicted octanol–water partition coefficient (Wildman–Crippen LogP) is 4.17. The van der Waals surface area contributed by atoms with Crippen molar-refractivity contribution in [2.45, 2.75) is 45.6 Å². The van der Waals surface area contributed by atoms with E-state index in [1.165, 1.54) is 0 Å². The zero-order valence-electron chi connectivity index (χ0n) is 12.3. The SMILES string of the molecule is CCCNc1nc(NCC(C)(O)CCC)c(Cl)cc1Cl. The van der Waals surface area contributed by atoms with Crippen LogP contribution in [-0.2, 0) is 0 Å². The van der Waals surface area contributed by atoms with Gasteiger partial charge in [0.05, 0.1) is 15.6 Å². The maximum atomic E-state index is 10.2. The van der Waals surface area contributed by atoms with Crippen molar-refractivity contribution in [3.8, 4) is 0 Å². The molecule has 0 aliphatic heterocycles. The van der Waals surface area contributed by atoms with E-state index in [1.807, 2.05) is 6.92 Å². The largest absolute Gasteiger partial charge is 0.388 e. The summed E-state index contributed by atoms with van der Waals surface area (Å²) in [6.45, 7) is 7.08. The van der Waals surface area contributed by atoms with Gasteiger partial charge in [0.2, 0.25) is 0 Å². The Bertz CT molecular complexity index is 439. The Morgan fingerprint density at radius 2 is 1.75 bits per heavy atom. The van der Waals surface area contributed by atoms with Gasteiger partial charge in [-0.25, -0.2) is 4.98 Å². The van der Waals surface area contributed by atoms with Gasteiger partial charge in [-0.1, -0.05) is 43.5 Å². The molecule has 3 N–H and O–H groups in total. The molecule has 20 heavy (non-hydrogen) atoms. The zero-order chi connectivity index (χ0) is 15.2.